The second kappa shape index (κ2) is 5.19. The van der Waals surface area contributed by atoms with Crippen LogP contribution < -0.4 is 11.1 Å². The molecule has 0 aromatic rings. The van der Waals surface area contributed by atoms with Crippen LogP contribution in [-0.4, -0.2) is 31.7 Å². The number of hydrogen-bond donors (Lipinski definition) is 2. The largest absolute Gasteiger partial charge is 0.468 e. The second-order valence-electron chi connectivity index (χ2n) is 3.51. The Kier molecular flexibility index (Phi) is 4.18. The lowest BCUT2D eigenvalue weighted by Gasteiger charge is -2.25. The van der Waals surface area contributed by atoms with Gasteiger partial charge in [-0.05, 0) is 25.8 Å². The number of carbonyl (C=O) groups is 1. The van der Waals surface area contributed by atoms with Crippen LogP contribution in [-0.2, 0) is 9.53 Å². The van der Waals surface area contributed by atoms with Crippen LogP contribution >= 0.6 is 0 Å². The molecule has 0 saturated carbocycles. The summed E-state index contributed by atoms with van der Waals surface area (Å²) >= 11 is 0. The Bertz CT molecular complexity index is 167. The molecule has 0 aliphatic carbocycles. The van der Waals surface area contributed by atoms with E-state index >= 15 is 0 Å². The zero-order chi connectivity index (χ0) is 9.68. The monoisotopic (exact) mass is 186 g/mol. The van der Waals surface area contributed by atoms with E-state index in [4.69, 9.17) is 5.73 Å². The van der Waals surface area contributed by atoms with E-state index in [1.165, 1.54) is 20.0 Å². The summed E-state index contributed by atoms with van der Waals surface area (Å²) in [5, 5.41) is 3.34. The van der Waals surface area contributed by atoms with Crippen LogP contribution in [0.15, 0.2) is 0 Å². The van der Waals surface area contributed by atoms with E-state index in [1.807, 2.05) is 0 Å². The first-order chi connectivity index (χ1) is 6.24. The Balaban J connectivity index is 2.25. The van der Waals surface area contributed by atoms with E-state index in [9.17, 15) is 4.79 Å². The molecule has 1 aliphatic heterocycles. The zero-order valence-corrected chi connectivity index (χ0v) is 8.08. The highest BCUT2D eigenvalue weighted by Crippen LogP contribution is 2.11. The zero-order valence-electron chi connectivity index (χ0n) is 8.08. The molecule has 0 bridgehead atoms. The summed E-state index contributed by atoms with van der Waals surface area (Å²) in [7, 11) is 1.37. The van der Waals surface area contributed by atoms with Crippen molar-refractivity contribution in [1.29, 1.82) is 0 Å². The number of nitrogens with one attached hydrogen (secondary N) is 1. The molecule has 76 valence electrons. The molecule has 4 heteroatoms. The Morgan fingerprint density at radius 2 is 2.46 bits per heavy atom. The van der Waals surface area contributed by atoms with Gasteiger partial charge in [0, 0.05) is 6.04 Å². The average Bonchev–Trinajstić information content (AvgIpc) is 2.18. The van der Waals surface area contributed by atoms with Gasteiger partial charge >= 0.3 is 5.97 Å². The third-order valence-electron chi connectivity index (χ3n) is 2.45. The molecule has 1 saturated heterocycles. The molecule has 0 radical (unpaired) electrons. The summed E-state index contributed by atoms with van der Waals surface area (Å²) in [6.45, 7) is 1.04. The number of methoxy groups -OCH3 is 1. The summed E-state index contributed by atoms with van der Waals surface area (Å²) in [5.74, 6) is -0.313. The van der Waals surface area contributed by atoms with Crippen molar-refractivity contribution in [2.24, 2.45) is 5.73 Å². The minimum Gasteiger partial charge on any atom is -0.468 e. The van der Waals surface area contributed by atoms with E-state index < -0.39 is 6.04 Å². The van der Waals surface area contributed by atoms with Gasteiger partial charge in [-0.3, -0.25) is 4.79 Å². The van der Waals surface area contributed by atoms with Crippen molar-refractivity contribution < 1.29 is 9.53 Å². The van der Waals surface area contributed by atoms with Crippen molar-refractivity contribution >= 4 is 5.97 Å². The molecule has 13 heavy (non-hydrogen) atoms. The lowest BCUT2D eigenvalue weighted by atomic mass is 9.98. The number of hydrogen-bond acceptors (Lipinski definition) is 4. The lowest BCUT2D eigenvalue weighted by Crippen LogP contribution is -2.42. The number of nitrogens with two attached hydrogens (primary N) is 1. The van der Waals surface area contributed by atoms with Crippen molar-refractivity contribution in [3.8, 4) is 0 Å². The van der Waals surface area contributed by atoms with Gasteiger partial charge in [0.2, 0.25) is 0 Å². The van der Waals surface area contributed by atoms with Gasteiger partial charge in [-0.15, -0.1) is 0 Å². The minimum absolute atomic E-state index is 0.313. The minimum atomic E-state index is -0.472. The number of carbonyl (C=O) groups excluding carboxylic acids is 1. The predicted molar refractivity (Wildman–Crippen MR) is 50.3 cm³/mol. The van der Waals surface area contributed by atoms with Crippen LogP contribution in [0.5, 0.6) is 0 Å². The van der Waals surface area contributed by atoms with Crippen molar-refractivity contribution in [3.05, 3.63) is 0 Å². The highest BCUT2D eigenvalue weighted by molar-refractivity contribution is 5.75. The molecule has 0 aromatic carbocycles. The van der Waals surface area contributed by atoms with E-state index in [0.29, 0.717) is 12.5 Å². The fraction of sp³-hybridized carbons (Fsp3) is 0.889. The molecule has 0 aromatic heterocycles. The fourth-order valence-corrected chi connectivity index (χ4v) is 1.68. The molecule has 1 fully saturated rings. The van der Waals surface area contributed by atoms with Gasteiger partial charge in [0.1, 0.15) is 6.04 Å². The van der Waals surface area contributed by atoms with E-state index in [2.05, 4.69) is 10.1 Å². The molecule has 1 heterocycles. The van der Waals surface area contributed by atoms with Crippen LogP contribution in [0, 0.1) is 0 Å². The molecule has 1 rings (SSSR count). The van der Waals surface area contributed by atoms with Gasteiger partial charge in [-0.2, -0.15) is 0 Å². The molecule has 0 amide bonds. The summed E-state index contributed by atoms with van der Waals surface area (Å²) < 4.78 is 4.56. The fourth-order valence-electron chi connectivity index (χ4n) is 1.68. The van der Waals surface area contributed by atoms with Crippen LogP contribution in [0.4, 0.5) is 0 Å². The molecule has 2 unspecified atom stereocenters. The van der Waals surface area contributed by atoms with Crippen molar-refractivity contribution in [2.75, 3.05) is 13.7 Å². The Hall–Kier alpha value is -0.610. The Morgan fingerprint density at radius 3 is 3.00 bits per heavy atom. The standard InChI is InChI=1S/C9H18N2O2/c1-13-9(12)8(10)6-7-4-2-3-5-11-7/h7-8,11H,2-6,10H2,1H3. The summed E-state index contributed by atoms with van der Waals surface area (Å²) in [6.07, 6.45) is 4.26. The van der Waals surface area contributed by atoms with Gasteiger partial charge in [-0.25, -0.2) is 0 Å². The van der Waals surface area contributed by atoms with Crippen molar-refractivity contribution in [1.82, 2.24) is 5.32 Å². The third kappa shape index (κ3) is 3.32. The maximum Gasteiger partial charge on any atom is 0.322 e. The number of ether oxygens (including phenoxy) is 1. The average molecular weight is 186 g/mol. The number of rotatable bonds is 3. The Morgan fingerprint density at radius 1 is 1.69 bits per heavy atom. The summed E-state index contributed by atoms with van der Waals surface area (Å²) in [6, 6.07) is -0.0801. The summed E-state index contributed by atoms with van der Waals surface area (Å²) in [5.41, 5.74) is 5.64. The summed E-state index contributed by atoms with van der Waals surface area (Å²) in [4.78, 5) is 11.0. The first kappa shape index (κ1) is 10.5. The van der Waals surface area contributed by atoms with Gasteiger partial charge in [0.15, 0.2) is 0 Å². The van der Waals surface area contributed by atoms with Crippen LogP contribution in [0.2, 0.25) is 0 Å². The lowest BCUT2D eigenvalue weighted by molar-refractivity contribution is -0.142. The third-order valence-corrected chi connectivity index (χ3v) is 2.45. The van der Waals surface area contributed by atoms with Crippen LogP contribution in [0.1, 0.15) is 25.7 Å². The van der Waals surface area contributed by atoms with Crippen LogP contribution in [0.25, 0.3) is 0 Å². The smallest absolute Gasteiger partial charge is 0.322 e. The van der Waals surface area contributed by atoms with E-state index in [1.54, 1.807) is 0 Å². The van der Waals surface area contributed by atoms with Gasteiger partial charge in [-0.1, -0.05) is 6.42 Å². The van der Waals surface area contributed by atoms with Gasteiger partial charge in [0.05, 0.1) is 7.11 Å². The first-order valence-corrected chi connectivity index (χ1v) is 4.81. The predicted octanol–water partition coefficient (Wildman–Crippen LogP) is 0.0189. The normalized spacial score (nSPS) is 25.2. The van der Waals surface area contributed by atoms with Gasteiger partial charge < -0.3 is 15.8 Å². The quantitative estimate of drug-likeness (QED) is 0.610. The van der Waals surface area contributed by atoms with E-state index in [-0.39, 0.29) is 5.97 Å². The molecule has 2 atom stereocenters. The van der Waals surface area contributed by atoms with E-state index in [0.717, 1.165) is 13.0 Å². The highest BCUT2D eigenvalue weighted by Gasteiger charge is 2.20. The molecule has 0 spiro atoms. The second-order valence-corrected chi connectivity index (χ2v) is 3.51. The van der Waals surface area contributed by atoms with Gasteiger partial charge in [0.25, 0.3) is 0 Å². The maximum atomic E-state index is 11.0. The molecule has 3 N–H and O–H groups in total. The molecular weight excluding hydrogens is 168 g/mol. The van der Waals surface area contributed by atoms with Crippen LogP contribution in [0.3, 0.4) is 0 Å². The molecule has 4 nitrogen and oxygen atoms in total. The molecular formula is C9H18N2O2. The Labute approximate surface area is 78.8 Å². The first-order valence-electron chi connectivity index (χ1n) is 4.81. The topological polar surface area (TPSA) is 64.3 Å². The van der Waals surface area contributed by atoms with Crippen molar-refractivity contribution in [2.45, 2.75) is 37.8 Å². The maximum absolute atomic E-state index is 11.0. The highest BCUT2D eigenvalue weighted by atomic mass is 16.5. The number of esters is 1. The number of piperidine rings is 1. The molecule has 1 aliphatic rings. The SMILES string of the molecule is COC(=O)C(N)CC1CCCCN1. The van der Waals surface area contributed by atoms with Crippen molar-refractivity contribution in [3.63, 3.8) is 0 Å².